The Morgan fingerprint density at radius 1 is 1.19 bits per heavy atom. The van der Waals surface area contributed by atoms with Crippen LogP contribution in [-0.2, 0) is 16.0 Å². The van der Waals surface area contributed by atoms with Gasteiger partial charge >= 0.3 is 11.6 Å². The number of carbonyl (C=O) groups is 2. The minimum absolute atomic E-state index is 0.327. The zero-order valence-corrected chi connectivity index (χ0v) is 18.7. The van der Waals surface area contributed by atoms with Crippen LogP contribution in [-0.4, -0.2) is 41.6 Å². The van der Waals surface area contributed by atoms with Crippen LogP contribution >= 0.6 is 11.8 Å². The Hall–Kier alpha value is -3.26. The Labute approximate surface area is 189 Å². The first kappa shape index (κ1) is 23.4. The van der Waals surface area contributed by atoms with Gasteiger partial charge in [0.05, 0.1) is 0 Å². The maximum Gasteiger partial charge on any atom is 0.340 e. The lowest BCUT2D eigenvalue weighted by Gasteiger charge is -2.14. The molecule has 0 aliphatic rings. The number of carboxylic acid groups (broad SMARTS) is 1. The molecule has 0 saturated heterocycles. The van der Waals surface area contributed by atoms with Crippen LogP contribution < -0.4 is 15.7 Å². The van der Waals surface area contributed by atoms with E-state index < -0.39 is 23.5 Å². The standard InChI is InChI=1S/C24H25NO6S/c1-15-18-9-8-17(30-14-22(26)25-20(23(27)28)10-11-32-2)13-21(18)31-24(29)19(15)12-16-6-4-3-5-7-16/h3-9,13,20H,10-12,14H2,1-2H3,(H,25,26)(H,27,28)/t20-/m1/s1. The average Bonchev–Trinajstić information content (AvgIpc) is 2.78. The first-order valence-corrected chi connectivity index (χ1v) is 11.5. The van der Waals surface area contributed by atoms with Crippen molar-refractivity contribution in [3.05, 3.63) is 75.6 Å². The molecule has 7 nitrogen and oxygen atoms in total. The van der Waals surface area contributed by atoms with Gasteiger partial charge in [-0.3, -0.25) is 4.79 Å². The molecule has 1 amide bonds. The van der Waals surface area contributed by atoms with Gasteiger partial charge in [-0.1, -0.05) is 30.3 Å². The lowest BCUT2D eigenvalue weighted by molar-refractivity contribution is -0.142. The molecule has 8 heteroatoms. The smallest absolute Gasteiger partial charge is 0.340 e. The fourth-order valence-corrected chi connectivity index (χ4v) is 3.82. The highest BCUT2D eigenvalue weighted by Crippen LogP contribution is 2.25. The van der Waals surface area contributed by atoms with Crippen molar-refractivity contribution in [3.63, 3.8) is 0 Å². The summed E-state index contributed by atoms with van der Waals surface area (Å²) in [5.74, 6) is -0.647. The highest BCUT2D eigenvalue weighted by molar-refractivity contribution is 7.98. The second-order valence-electron chi connectivity index (χ2n) is 7.34. The molecule has 2 N–H and O–H groups in total. The molecule has 3 rings (SSSR count). The summed E-state index contributed by atoms with van der Waals surface area (Å²) in [6.45, 7) is 1.54. The Bertz CT molecular complexity index is 1160. The summed E-state index contributed by atoms with van der Waals surface area (Å²) < 4.78 is 11.0. The number of thioether (sulfide) groups is 1. The molecule has 0 saturated carbocycles. The highest BCUT2D eigenvalue weighted by Gasteiger charge is 2.20. The van der Waals surface area contributed by atoms with Crippen molar-refractivity contribution < 1.29 is 23.8 Å². The summed E-state index contributed by atoms with van der Waals surface area (Å²) in [5, 5.41) is 12.5. The summed E-state index contributed by atoms with van der Waals surface area (Å²) in [6, 6.07) is 13.8. The van der Waals surface area contributed by atoms with Crippen molar-refractivity contribution in [1.82, 2.24) is 5.32 Å². The Balaban J connectivity index is 1.71. The number of amides is 1. The number of carbonyl (C=O) groups excluding carboxylic acids is 1. The van der Waals surface area contributed by atoms with Crippen molar-refractivity contribution in [2.45, 2.75) is 25.8 Å². The summed E-state index contributed by atoms with van der Waals surface area (Å²) >= 11 is 1.51. The van der Waals surface area contributed by atoms with E-state index in [1.807, 2.05) is 43.5 Å². The fourth-order valence-electron chi connectivity index (χ4n) is 3.35. The summed E-state index contributed by atoms with van der Waals surface area (Å²) in [5.41, 5.74) is 2.41. The summed E-state index contributed by atoms with van der Waals surface area (Å²) in [6.07, 6.45) is 2.67. The molecule has 0 spiro atoms. The van der Waals surface area contributed by atoms with Crippen molar-refractivity contribution in [2.24, 2.45) is 0 Å². The predicted molar refractivity (Wildman–Crippen MR) is 125 cm³/mol. The zero-order chi connectivity index (χ0) is 23.1. The van der Waals surface area contributed by atoms with Gasteiger partial charge in [0.1, 0.15) is 17.4 Å². The molecule has 0 unspecified atom stereocenters. The monoisotopic (exact) mass is 455 g/mol. The quantitative estimate of drug-likeness (QED) is 0.451. The van der Waals surface area contributed by atoms with Crippen molar-refractivity contribution >= 4 is 34.6 Å². The molecular weight excluding hydrogens is 430 g/mol. The number of rotatable bonds is 10. The van der Waals surface area contributed by atoms with Crippen LogP contribution in [0, 0.1) is 6.92 Å². The Kier molecular flexibility index (Phi) is 7.94. The predicted octanol–water partition coefficient (Wildman–Crippen LogP) is 3.39. The molecule has 0 aliphatic carbocycles. The van der Waals surface area contributed by atoms with E-state index in [-0.39, 0.29) is 6.61 Å². The van der Waals surface area contributed by atoms with Crippen molar-refractivity contribution in [1.29, 1.82) is 0 Å². The number of aryl methyl sites for hydroxylation is 1. The second-order valence-corrected chi connectivity index (χ2v) is 8.33. The SMILES string of the molecule is CSCC[C@@H](NC(=O)COc1ccc2c(C)c(Cc3ccccc3)c(=O)oc2c1)C(=O)O. The van der Waals surface area contributed by atoms with Gasteiger partial charge in [0.2, 0.25) is 0 Å². The van der Waals surface area contributed by atoms with E-state index in [0.717, 1.165) is 16.5 Å². The van der Waals surface area contributed by atoms with Crippen molar-refractivity contribution in [3.8, 4) is 5.75 Å². The number of nitrogens with one attached hydrogen (secondary N) is 1. The van der Waals surface area contributed by atoms with Crippen LogP contribution in [0.15, 0.2) is 57.7 Å². The summed E-state index contributed by atoms with van der Waals surface area (Å²) in [4.78, 5) is 35.9. The zero-order valence-electron chi connectivity index (χ0n) is 17.9. The van der Waals surface area contributed by atoms with Crippen LogP contribution in [0.1, 0.15) is 23.1 Å². The van der Waals surface area contributed by atoms with Crippen LogP contribution in [0.4, 0.5) is 0 Å². The number of benzene rings is 2. The molecule has 168 valence electrons. The third-order valence-electron chi connectivity index (χ3n) is 5.10. The maximum absolute atomic E-state index is 12.6. The average molecular weight is 456 g/mol. The van der Waals surface area contributed by atoms with Crippen LogP contribution in [0.3, 0.4) is 0 Å². The number of ether oxygens (including phenoxy) is 1. The first-order valence-electron chi connectivity index (χ1n) is 10.1. The van der Waals surface area contributed by atoms with Gasteiger partial charge in [0.25, 0.3) is 5.91 Å². The normalized spacial score (nSPS) is 11.8. The van der Waals surface area contributed by atoms with E-state index in [1.165, 1.54) is 11.8 Å². The molecule has 0 radical (unpaired) electrons. The number of aliphatic carboxylic acids is 1. The molecule has 2 aromatic carbocycles. The van der Waals surface area contributed by atoms with Crippen LogP contribution in [0.2, 0.25) is 0 Å². The maximum atomic E-state index is 12.6. The van der Waals surface area contributed by atoms with E-state index in [4.69, 9.17) is 9.15 Å². The van der Waals surface area contributed by atoms with E-state index >= 15 is 0 Å². The lowest BCUT2D eigenvalue weighted by atomic mass is 10.00. The topological polar surface area (TPSA) is 106 Å². The third-order valence-corrected chi connectivity index (χ3v) is 5.74. The number of hydrogen-bond donors (Lipinski definition) is 2. The highest BCUT2D eigenvalue weighted by atomic mass is 32.2. The summed E-state index contributed by atoms with van der Waals surface area (Å²) in [7, 11) is 0. The van der Waals surface area contributed by atoms with Gasteiger partial charge in [-0.05, 0) is 48.6 Å². The molecule has 0 fully saturated rings. The molecule has 32 heavy (non-hydrogen) atoms. The molecule has 0 bridgehead atoms. The van der Waals surface area contributed by atoms with E-state index in [1.54, 1.807) is 18.2 Å². The molecule has 1 heterocycles. The van der Waals surface area contributed by atoms with E-state index in [9.17, 15) is 19.5 Å². The molecular formula is C24H25NO6S. The second kappa shape index (κ2) is 10.9. The van der Waals surface area contributed by atoms with Crippen LogP contribution in [0.25, 0.3) is 11.0 Å². The molecule has 3 aromatic rings. The van der Waals surface area contributed by atoms with Gasteiger partial charge in [0, 0.05) is 23.4 Å². The van der Waals surface area contributed by atoms with Gasteiger partial charge in [0.15, 0.2) is 6.61 Å². The third kappa shape index (κ3) is 5.91. The Morgan fingerprint density at radius 3 is 2.62 bits per heavy atom. The fraction of sp³-hybridized carbons (Fsp3) is 0.292. The lowest BCUT2D eigenvalue weighted by Crippen LogP contribution is -2.43. The largest absolute Gasteiger partial charge is 0.484 e. The van der Waals surface area contributed by atoms with E-state index in [0.29, 0.717) is 35.5 Å². The van der Waals surface area contributed by atoms with Crippen LogP contribution in [0.5, 0.6) is 5.75 Å². The first-order chi connectivity index (χ1) is 15.4. The molecule has 0 aliphatic heterocycles. The molecule has 1 atom stereocenters. The van der Waals surface area contributed by atoms with Gasteiger partial charge in [-0.15, -0.1) is 0 Å². The molecule has 1 aromatic heterocycles. The van der Waals surface area contributed by atoms with Crippen molar-refractivity contribution in [2.75, 3.05) is 18.6 Å². The minimum atomic E-state index is -1.08. The van der Waals surface area contributed by atoms with Gasteiger partial charge in [-0.2, -0.15) is 11.8 Å². The van der Waals surface area contributed by atoms with Gasteiger partial charge < -0.3 is 19.6 Å². The number of hydrogen-bond acceptors (Lipinski definition) is 6. The Morgan fingerprint density at radius 2 is 1.94 bits per heavy atom. The minimum Gasteiger partial charge on any atom is -0.484 e. The van der Waals surface area contributed by atoms with Gasteiger partial charge in [-0.25, -0.2) is 9.59 Å². The number of carboxylic acids is 1. The number of fused-ring (bicyclic) bond motifs is 1. The van der Waals surface area contributed by atoms with E-state index in [2.05, 4.69) is 5.32 Å².